The van der Waals surface area contributed by atoms with E-state index in [1.54, 1.807) is 23.9 Å². The average molecular weight is 450 g/mol. The van der Waals surface area contributed by atoms with Crippen LogP contribution >= 0.6 is 0 Å². The van der Waals surface area contributed by atoms with E-state index in [0.29, 0.717) is 22.6 Å². The summed E-state index contributed by atoms with van der Waals surface area (Å²) in [6.45, 7) is -5.14. The molecule has 4 heterocycles. The molecule has 0 bridgehead atoms. The molecule has 1 saturated heterocycles. The van der Waals surface area contributed by atoms with Crippen molar-refractivity contribution in [2.75, 3.05) is 45.0 Å². The molecule has 33 heavy (non-hydrogen) atoms. The zero-order valence-electron chi connectivity index (χ0n) is 24.1. The number of hydrogen-bond acceptors (Lipinski definition) is 7. The third-order valence-electron chi connectivity index (χ3n) is 5.77. The largest absolute Gasteiger partial charge is 0.345 e. The molecule has 1 aliphatic heterocycles. The summed E-state index contributed by atoms with van der Waals surface area (Å²) in [5, 5.41) is 17.4. The molecule has 0 spiro atoms. The summed E-state index contributed by atoms with van der Waals surface area (Å²) in [4.78, 5) is 19.3. The quantitative estimate of drug-likeness (QED) is 0.341. The van der Waals surface area contributed by atoms with E-state index in [2.05, 4.69) is 25.5 Å². The van der Waals surface area contributed by atoms with Gasteiger partial charge in [-0.2, -0.15) is 10.2 Å². The van der Waals surface area contributed by atoms with Crippen molar-refractivity contribution in [1.82, 2.24) is 30.2 Å². The van der Waals surface area contributed by atoms with Crippen molar-refractivity contribution in [1.29, 1.82) is 0 Å². The number of ketones is 1. The van der Waals surface area contributed by atoms with Crippen LogP contribution < -0.4 is 4.90 Å². The van der Waals surface area contributed by atoms with Crippen molar-refractivity contribution in [3.8, 4) is 11.3 Å². The second-order valence-corrected chi connectivity index (χ2v) is 8.29. The number of likely N-dealkylation sites (N-methyl/N-ethyl adjacent to an activating group) is 1. The molecule has 0 atom stereocenters. The minimum Gasteiger partial charge on any atom is -0.345 e. The number of Topliss-reactive ketones (excluding diaryl/α,β-unsaturated/α-hetero) is 1. The van der Waals surface area contributed by atoms with Crippen LogP contribution in [-0.2, 0) is 13.5 Å². The summed E-state index contributed by atoms with van der Waals surface area (Å²) < 4.78 is 47.8. The van der Waals surface area contributed by atoms with Gasteiger partial charge in [0.1, 0.15) is 11.5 Å². The molecule has 4 aromatic rings. The molecule has 1 fully saturated rings. The number of rotatable bonds is 5. The molecular weight excluding hydrogens is 416 g/mol. The molecule has 0 amide bonds. The summed E-state index contributed by atoms with van der Waals surface area (Å²) in [5.41, 5.74) is 3.23. The summed E-state index contributed by atoms with van der Waals surface area (Å²) in [5.74, 6) is 0.317. The fourth-order valence-electron chi connectivity index (χ4n) is 3.88. The smallest absolute Gasteiger partial charge is 0.169 e. The monoisotopic (exact) mass is 449 g/mol. The van der Waals surface area contributed by atoms with Crippen molar-refractivity contribution in [2.45, 2.75) is 6.42 Å². The van der Waals surface area contributed by atoms with Gasteiger partial charge in [0.2, 0.25) is 0 Å². The van der Waals surface area contributed by atoms with Gasteiger partial charge in [0.05, 0.1) is 72.2 Å². The standard InChI is InChI=1S/C24H27N8O/c1-30-16-22(28-29-30)17-4-5-21-19(12-17)13-20(26-27-21)15-23(33)18-6-7-25-24(14-18)31-8-10-32(2,3)11-9-31/h4-7,12-14,16H,8-11,15H2,1-3H3/q+1/i2D3,3D3. The van der Waals surface area contributed by atoms with E-state index < -0.39 is 18.4 Å². The predicted molar refractivity (Wildman–Crippen MR) is 126 cm³/mol. The molecule has 1 aliphatic rings. The first kappa shape index (κ1) is 15.2. The Morgan fingerprint density at radius 1 is 1.09 bits per heavy atom. The lowest BCUT2D eigenvalue weighted by molar-refractivity contribution is -0.890. The first-order chi connectivity index (χ1) is 18.4. The van der Waals surface area contributed by atoms with Crippen LogP contribution in [-0.4, -0.2) is 80.6 Å². The number of carbonyl (C=O) groups excluding carboxylic acids is 1. The van der Waals surface area contributed by atoms with E-state index in [0.717, 1.165) is 16.6 Å². The van der Waals surface area contributed by atoms with E-state index in [1.807, 2.05) is 35.4 Å². The number of aromatic nitrogens is 6. The van der Waals surface area contributed by atoms with E-state index >= 15 is 0 Å². The number of hydrogen-bond donors (Lipinski definition) is 0. The van der Waals surface area contributed by atoms with E-state index in [9.17, 15) is 4.79 Å². The molecule has 1 aromatic carbocycles. The van der Waals surface area contributed by atoms with E-state index in [1.165, 1.54) is 6.20 Å². The highest BCUT2D eigenvalue weighted by Crippen LogP contribution is 2.23. The van der Waals surface area contributed by atoms with Crippen LogP contribution in [0.4, 0.5) is 5.82 Å². The molecular formula is C24H27N8O+. The first-order valence-electron chi connectivity index (χ1n) is 13.6. The lowest BCUT2D eigenvalue weighted by atomic mass is 10.0. The number of fused-ring (bicyclic) bond motifs is 1. The molecule has 0 radical (unpaired) electrons. The Hall–Kier alpha value is -3.72. The van der Waals surface area contributed by atoms with Gasteiger partial charge in [0.15, 0.2) is 5.78 Å². The number of nitrogens with zero attached hydrogens (tertiary/aromatic N) is 8. The van der Waals surface area contributed by atoms with Crippen LogP contribution in [0.5, 0.6) is 0 Å². The molecule has 0 aliphatic carbocycles. The number of quaternary nitrogens is 1. The van der Waals surface area contributed by atoms with Gasteiger partial charge >= 0.3 is 0 Å². The molecule has 0 N–H and O–H groups in total. The summed E-state index contributed by atoms with van der Waals surface area (Å²) >= 11 is 0. The van der Waals surface area contributed by atoms with Crippen LogP contribution in [0.25, 0.3) is 22.2 Å². The van der Waals surface area contributed by atoms with Crippen LogP contribution in [0.15, 0.2) is 48.8 Å². The topological polar surface area (TPSA) is 89.7 Å². The van der Waals surface area contributed by atoms with Crippen molar-refractivity contribution in [3.63, 3.8) is 0 Å². The van der Waals surface area contributed by atoms with Crippen LogP contribution in [0, 0.1) is 0 Å². The fourth-order valence-corrected chi connectivity index (χ4v) is 3.88. The highest BCUT2D eigenvalue weighted by molar-refractivity contribution is 5.98. The number of anilines is 1. The predicted octanol–water partition coefficient (Wildman–Crippen LogP) is 2.14. The Bertz CT molecular complexity index is 1510. The Balaban J connectivity index is 1.32. The maximum absolute atomic E-state index is 13.2. The van der Waals surface area contributed by atoms with E-state index in [4.69, 9.17) is 8.22 Å². The molecule has 9 nitrogen and oxygen atoms in total. The Labute approximate surface area is 200 Å². The van der Waals surface area contributed by atoms with Gasteiger partial charge in [-0.25, -0.2) is 4.98 Å². The van der Waals surface area contributed by atoms with Crippen LogP contribution in [0.2, 0.25) is 0 Å². The minimum absolute atomic E-state index is 0.0276. The molecule has 0 saturated carbocycles. The lowest BCUT2D eigenvalue weighted by Crippen LogP contribution is -2.55. The van der Waals surface area contributed by atoms with Gasteiger partial charge in [-0.3, -0.25) is 9.48 Å². The first-order valence-corrected chi connectivity index (χ1v) is 10.6. The summed E-state index contributed by atoms with van der Waals surface area (Å²) in [7, 11) is 1.80. The van der Waals surface area contributed by atoms with Crippen molar-refractivity contribution in [2.24, 2.45) is 7.05 Å². The van der Waals surface area contributed by atoms with Crippen molar-refractivity contribution < 1.29 is 17.5 Å². The van der Waals surface area contributed by atoms with Gasteiger partial charge in [0.25, 0.3) is 0 Å². The zero-order chi connectivity index (χ0) is 28.0. The third-order valence-corrected chi connectivity index (χ3v) is 5.77. The highest BCUT2D eigenvalue weighted by Gasteiger charge is 2.25. The van der Waals surface area contributed by atoms with Gasteiger partial charge in [-0.1, -0.05) is 11.3 Å². The van der Waals surface area contributed by atoms with E-state index in [-0.39, 0.29) is 38.4 Å². The Morgan fingerprint density at radius 3 is 2.70 bits per heavy atom. The Kier molecular flexibility index (Phi) is 3.83. The molecule has 5 rings (SSSR count). The maximum Gasteiger partial charge on any atom is 0.169 e. The lowest BCUT2D eigenvalue weighted by Gasteiger charge is -2.39. The van der Waals surface area contributed by atoms with Gasteiger partial charge in [-0.05, 0) is 30.3 Å². The van der Waals surface area contributed by atoms with Crippen LogP contribution in [0.3, 0.4) is 0 Å². The number of carbonyl (C=O) groups is 1. The van der Waals surface area contributed by atoms with Gasteiger partial charge < -0.3 is 9.38 Å². The molecule has 168 valence electrons. The molecule has 3 aromatic heterocycles. The molecule has 9 heteroatoms. The number of benzene rings is 1. The second kappa shape index (κ2) is 8.32. The maximum atomic E-state index is 13.2. The number of piperazine rings is 1. The summed E-state index contributed by atoms with van der Waals surface area (Å²) in [6.07, 6.45) is 3.36. The fraction of sp³-hybridized carbons (Fsp3) is 0.333. The second-order valence-electron chi connectivity index (χ2n) is 8.29. The highest BCUT2D eigenvalue weighted by atomic mass is 16.1. The number of aryl methyl sites for hydroxylation is 1. The zero-order valence-corrected chi connectivity index (χ0v) is 18.1. The molecule has 0 unspecified atom stereocenters. The summed E-state index contributed by atoms with van der Waals surface area (Å²) in [6, 6.07) is 10.8. The van der Waals surface area contributed by atoms with Gasteiger partial charge in [0, 0.05) is 29.8 Å². The Morgan fingerprint density at radius 2 is 1.94 bits per heavy atom. The third kappa shape index (κ3) is 4.58. The minimum atomic E-state index is -2.67. The average Bonchev–Trinajstić information content (AvgIpc) is 3.33. The number of pyridine rings is 1. The SMILES string of the molecule is [2H]C([2H])([2H])[N+]1(C([2H])([2H])[2H])CCN(c2cc(C(=O)Cc3cc4cc(-c5cn(C)nn5)ccc4nn3)ccn2)CC1. The normalized spacial score (nSPS) is 19.1. The van der Waals surface area contributed by atoms with Gasteiger partial charge in [-0.15, -0.1) is 5.10 Å². The van der Waals surface area contributed by atoms with Crippen molar-refractivity contribution in [3.05, 3.63) is 60.0 Å². The van der Waals surface area contributed by atoms with Crippen molar-refractivity contribution >= 4 is 22.5 Å². The van der Waals surface area contributed by atoms with Crippen LogP contribution in [0.1, 0.15) is 24.3 Å².